The fourth-order valence-electron chi connectivity index (χ4n) is 3.96. The van der Waals surface area contributed by atoms with Gasteiger partial charge in [0.1, 0.15) is 6.10 Å². The number of unbranched alkanes of at least 4 members (excludes halogenated alkanes) is 4. The molecule has 0 aromatic heterocycles. The molecule has 0 N–H and O–H groups in total. The van der Waals surface area contributed by atoms with Gasteiger partial charge in [0.2, 0.25) is 0 Å². The van der Waals surface area contributed by atoms with Crippen LogP contribution in [0.1, 0.15) is 105 Å². The predicted octanol–water partition coefficient (Wildman–Crippen LogP) is 6.52. The molecule has 0 saturated heterocycles. The van der Waals surface area contributed by atoms with Gasteiger partial charge in [-0.3, -0.25) is 4.79 Å². The fourth-order valence-corrected chi connectivity index (χ4v) is 3.96. The lowest BCUT2D eigenvalue weighted by molar-refractivity contribution is -0.152. The summed E-state index contributed by atoms with van der Waals surface area (Å²) in [7, 11) is 0. The first-order chi connectivity index (χ1) is 11.1. The SMILES string of the molecule is CCCCCC(=O)OC(C)C(C)C1CCC(CCCCC)CC1. The van der Waals surface area contributed by atoms with Crippen molar-refractivity contribution in [3.63, 3.8) is 0 Å². The minimum atomic E-state index is 0.00560. The molecule has 2 heteroatoms. The molecule has 0 heterocycles. The Labute approximate surface area is 144 Å². The van der Waals surface area contributed by atoms with Crippen molar-refractivity contribution in [1.82, 2.24) is 0 Å². The van der Waals surface area contributed by atoms with Gasteiger partial charge in [0.15, 0.2) is 0 Å². The maximum Gasteiger partial charge on any atom is 0.306 e. The predicted molar refractivity (Wildman–Crippen MR) is 98.5 cm³/mol. The molecule has 2 nitrogen and oxygen atoms in total. The van der Waals surface area contributed by atoms with Crippen LogP contribution in [-0.4, -0.2) is 12.1 Å². The first-order valence-electron chi connectivity index (χ1n) is 10.3. The summed E-state index contributed by atoms with van der Waals surface area (Å²) in [6.07, 6.45) is 14.9. The van der Waals surface area contributed by atoms with Gasteiger partial charge in [0.25, 0.3) is 0 Å². The lowest BCUT2D eigenvalue weighted by atomic mass is 9.73. The third-order valence-electron chi connectivity index (χ3n) is 5.89. The van der Waals surface area contributed by atoms with E-state index in [0.717, 1.165) is 31.1 Å². The third kappa shape index (κ3) is 8.22. The zero-order valence-corrected chi connectivity index (χ0v) is 16.1. The summed E-state index contributed by atoms with van der Waals surface area (Å²) >= 11 is 0. The van der Waals surface area contributed by atoms with Crippen LogP contribution in [0.3, 0.4) is 0 Å². The van der Waals surface area contributed by atoms with Gasteiger partial charge in [0, 0.05) is 6.42 Å². The molecule has 0 aromatic carbocycles. The summed E-state index contributed by atoms with van der Waals surface area (Å²) < 4.78 is 5.68. The Morgan fingerprint density at radius 2 is 1.57 bits per heavy atom. The van der Waals surface area contributed by atoms with E-state index < -0.39 is 0 Å². The van der Waals surface area contributed by atoms with Crippen molar-refractivity contribution in [1.29, 1.82) is 0 Å². The number of hydrogen-bond acceptors (Lipinski definition) is 2. The van der Waals surface area contributed by atoms with Gasteiger partial charge in [-0.2, -0.15) is 0 Å². The Balaban J connectivity index is 2.24. The number of ether oxygens (including phenoxy) is 1. The van der Waals surface area contributed by atoms with E-state index in [0.29, 0.717) is 12.3 Å². The van der Waals surface area contributed by atoms with Crippen molar-refractivity contribution in [3.8, 4) is 0 Å². The van der Waals surface area contributed by atoms with Gasteiger partial charge < -0.3 is 4.74 Å². The standard InChI is InChI=1S/C21H40O2/c1-5-7-9-11-19-13-15-20(16-14-19)17(3)18(4)23-21(22)12-10-8-6-2/h17-20H,5-16H2,1-4H3. The van der Waals surface area contributed by atoms with Crippen LogP contribution in [0.5, 0.6) is 0 Å². The number of rotatable bonds is 11. The van der Waals surface area contributed by atoms with Gasteiger partial charge in [-0.15, -0.1) is 0 Å². The van der Waals surface area contributed by atoms with E-state index in [9.17, 15) is 4.79 Å². The molecular weight excluding hydrogens is 284 g/mol. The molecule has 0 spiro atoms. The van der Waals surface area contributed by atoms with Crippen molar-refractivity contribution in [2.24, 2.45) is 17.8 Å². The molecule has 2 unspecified atom stereocenters. The Bertz CT molecular complexity index is 305. The summed E-state index contributed by atoms with van der Waals surface area (Å²) in [6.45, 7) is 8.82. The van der Waals surface area contributed by atoms with E-state index in [1.807, 2.05) is 0 Å². The number of carbonyl (C=O) groups is 1. The van der Waals surface area contributed by atoms with Gasteiger partial charge in [0.05, 0.1) is 0 Å². The van der Waals surface area contributed by atoms with Crippen LogP contribution in [0.25, 0.3) is 0 Å². The van der Waals surface area contributed by atoms with Gasteiger partial charge in [-0.05, 0) is 43.9 Å². The molecule has 23 heavy (non-hydrogen) atoms. The molecule has 1 saturated carbocycles. The average Bonchev–Trinajstić information content (AvgIpc) is 2.55. The quantitative estimate of drug-likeness (QED) is 0.319. The Morgan fingerprint density at radius 3 is 2.17 bits per heavy atom. The van der Waals surface area contributed by atoms with Crippen molar-refractivity contribution < 1.29 is 9.53 Å². The van der Waals surface area contributed by atoms with Crippen LogP contribution >= 0.6 is 0 Å². The highest BCUT2D eigenvalue weighted by atomic mass is 16.5. The molecule has 0 aromatic rings. The van der Waals surface area contributed by atoms with Gasteiger partial charge in [-0.1, -0.05) is 72.1 Å². The first-order valence-corrected chi connectivity index (χ1v) is 10.3. The molecule has 0 bridgehead atoms. The van der Waals surface area contributed by atoms with Crippen molar-refractivity contribution >= 4 is 5.97 Å². The maximum atomic E-state index is 11.9. The van der Waals surface area contributed by atoms with Gasteiger partial charge in [-0.25, -0.2) is 0 Å². The molecule has 1 aliphatic carbocycles. The molecule has 0 radical (unpaired) electrons. The maximum absolute atomic E-state index is 11.9. The number of carbonyl (C=O) groups excluding carboxylic acids is 1. The summed E-state index contributed by atoms with van der Waals surface area (Å²) in [5.74, 6) is 2.21. The van der Waals surface area contributed by atoms with E-state index >= 15 is 0 Å². The summed E-state index contributed by atoms with van der Waals surface area (Å²) in [6, 6.07) is 0. The van der Waals surface area contributed by atoms with Crippen molar-refractivity contribution in [2.75, 3.05) is 0 Å². The monoisotopic (exact) mass is 324 g/mol. The zero-order valence-electron chi connectivity index (χ0n) is 16.1. The molecule has 0 aliphatic heterocycles. The normalized spacial score (nSPS) is 24.2. The summed E-state index contributed by atoms with van der Waals surface area (Å²) in [4.78, 5) is 11.9. The smallest absolute Gasteiger partial charge is 0.306 e. The third-order valence-corrected chi connectivity index (χ3v) is 5.89. The minimum absolute atomic E-state index is 0.00560. The van der Waals surface area contributed by atoms with E-state index in [-0.39, 0.29) is 12.1 Å². The van der Waals surface area contributed by atoms with E-state index in [4.69, 9.17) is 4.74 Å². The lowest BCUT2D eigenvalue weighted by Crippen LogP contribution is -2.30. The number of hydrogen-bond donors (Lipinski definition) is 0. The topological polar surface area (TPSA) is 26.3 Å². The molecular formula is C21H40O2. The Hall–Kier alpha value is -0.530. The van der Waals surface area contributed by atoms with E-state index in [1.165, 1.54) is 51.4 Å². The molecule has 1 rings (SSSR count). The van der Waals surface area contributed by atoms with Crippen molar-refractivity contribution in [2.45, 2.75) is 111 Å². The van der Waals surface area contributed by atoms with E-state index in [1.54, 1.807) is 0 Å². The fraction of sp³-hybridized carbons (Fsp3) is 0.952. The molecule has 1 fully saturated rings. The number of esters is 1. The second kappa shape index (κ2) is 11.9. The lowest BCUT2D eigenvalue weighted by Gasteiger charge is -2.34. The minimum Gasteiger partial charge on any atom is -0.462 e. The second-order valence-electron chi connectivity index (χ2n) is 7.79. The van der Waals surface area contributed by atoms with Crippen molar-refractivity contribution in [3.05, 3.63) is 0 Å². The van der Waals surface area contributed by atoms with Gasteiger partial charge >= 0.3 is 5.97 Å². The molecule has 136 valence electrons. The molecule has 1 aliphatic rings. The second-order valence-corrected chi connectivity index (χ2v) is 7.79. The molecule has 2 atom stereocenters. The molecule has 0 amide bonds. The zero-order chi connectivity index (χ0) is 17.1. The van der Waals surface area contributed by atoms with Crippen LogP contribution in [0.4, 0.5) is 0 Å². The Morgan fingerprint density at radius 1 is 0.957 bits per heavy atom. The average molecular weight is 325 g/mol. The van der Waals surface area contributed by atoms with Crippen LogP contribution in [0, 0.1) is 17.8 Å². The van der Waals surface area contributed by atoms with Crippen LogP contribution in [0.15, 0.2) is 0 Å². The highest BCUT2D eigenvalue weighted by Gasteiger charge is 2.29. The van der Waals surface area contributed by atoms with Crippen LogP contribution in [0.2, 0.25) is 0 Å². The summed E-state index contributed by atoms with van der Waals surface area (Å²) in [5.41, 5.74) is 0. The first kappa shape index (κ1) is 20.5. The highest BCUT2D eigenvalue weighted by Crippen LogP contribution is 2.37. The Kier molecular flexibility index (Phi) is 10.6. The highest BCUT2D eigenvalue weighted by molar-refractivity contribution is 5.69. The van der Waals surface area contributed by atoms with Crippen LogP contribution < -0.4 is 0 Å². The van der Waals surface area contributed by atoms with Crippen LogP contribution in [-0.2, 0) is 9.53 Å². The summed E-state index contributed by atoms with van der Waals surface area (Å²) in [5, 5.41) is 0. The largest absolute Gasteiger partial charge is 0.462 e. The van der Waals surface area contributed by atoms with E-state index in [2.05, 4.69) is 27.7 Å².